The van der Waals surface area contributed by atoms with E-state index in [1.807, 2.05) is 30.3 Å². The summed E-state index contributed by atoms with van der Waals surface area (Å²) in [5, 5.41) is 10.5. The maximum absolute atomic E-state index is 9.22. The number of halogens is 1. The van der Waals surface area contributed by atoms with Gasteiger partial charge in [0, 0.05) is 17.0 Å². The van der Waals surface area contributed by atoms with Crippen molar-refractivity contribution in [1.29, 1.82) is 5.26 Å². The Balaban J connectivity index is 2.31. The second-order valence-electron chi connectivity index (χ2n) is 3.92. The van der Waals surface area contributed by atoms with E-state index in [2.05, 4.69) is 21.0 Å². The first-order valence-electron chi connectivity index (χ1n) is 5.56. The molecule has 4 nitrogen and oxygen atoms in total. The third-order valence-electron chi connectivity index (χ3n) is 2.74. The van der Waals surface area contributed by atoms with E-state index in [9.17, 15) is 5.26 Å². The number of fused-ring (bicyclic) bond motifs is 1. The maximum atomic E-state index is 9.22. The number of benzene rings is 1. The highest BCUT2D eigenvalue weighted by Crippen LogP contribution is 2.25. The van der Waals surface area contributed by atoms with Gasteiger partial charge in [-0.25, -0.2) is 15.0 Å². The molecule has 0 fully saturated rings. The van der Waals surface area contributed by atoms with Crippen LogP contribution in [-0.4, -0.2) is 15.0 Å². The molecule has 0 N–H and O–H groups in total. The number of hydrogen-bond acceptors (Lipinski definition) is 4. The van der Waals surface area contributed by atoms with Gasteiger partial charge in [0.2, 0.25) is 0 Å². The van der Waals surface area contributed by atoms with Crippen LogP contribution in [0.3, 0.4) is 0 Å². The predicted octanol–water partition coefficient (Wildman–Crippen LogP) is 3.22. The molecule has 0 spiro atoms. The average Bonchev–Trinajstić information content (AvgIpc) is 2.46. The van der Waals surface area contributed by atoms with Gasteiger partial charge < -0.3 is 0 Å². The molecule has 0 atom stereocenters. The van der Waals surface area contributed by atoms with E-state index in [1.165, 1.54) is 6.33 Å². The molecule has 3 aromatic rings. The van der Waals surface area contributed by atoms with Crippen molar-refractivity contribution in [2.24, 2.45) is 0 Å². The highest BCUT2D eigenvalue weighted by molar-refractivity contribution is 6.29. The summed E-state index contributed by atoms with van der Waals surface area (Å²) in [6.45, 7) is 0. The zero-order chi connectivity index (χ0) is 13.2. The highest BCUT2D eigenvalue weighted by Gasteiger charge is 2.10. The van der Waals surface area contributed by atoms with E-state index in [4.69, 9.17) is 11.6 Å². The van der Waals surface area contributed by atoms with Crippen molar-refractivity contribution in [3.8, 4) is 17.3 Å². The zero-order valence-electron chi connectivity index (χ0n) is 9.71. The lowest BCUT2D eigenvalue weighted by atomic mass is 10.1. The number of nitrogens with zero attached hydrogens (tertiary/aromatic N) is 4. The summed E-state index contributed by atoms with van der Waals surface area (Å²) >= 11 is 5.85. The molecule has 0 radical (unpaired) electrons. The van der Waals surface area contributed by atoms with E-state index < -0.39 is 0 Å². The van der Waals surface area contributed by atoms with Gasteiger partial charge in [0.1, 0.15) is 17.5 Å². The Morgan fingerprint density at radius 1 is 1.11 bits per heavy atom. The van der Waals surface area contributed by atoms with Crippen LogP contribution in [0.2, 0.25) is 5.15 Å². The Kier molecular flexibility index (Phi) is 2.82. The molecule has 5 heteroatoms. The topological polar surface area (TPSA) is 62.5 Å². The van der Waals surface area contributed by atoms with Crippen LogP contribution in [0.1, 0.15) is 5.69 Å². The number of rotatable bonds is 1. The Labute approximate surface area is 114 Å². The fraction of sp³-hybridized carbons (Fsp3) is 0. The van der Waals surface area contributed by atoms with Crippen molar-refractivity contribution in [2.45, 2.75) is 0 Å². The molecule has 0 bridgehead atoms. The first-order valence-corrected chi connectivity index (χ1v) is 5.93. The molecule has 19 heavy (non-hydrogen) atoms. The molecule has 0 unspecified atom stereocenters. The summed E-state index contributed by atoms with van der Waals surface area (Å²) in [4.78, 5) is 12.3. The summed E-state index contributed by atoms with van der Waals surface area (Å²) in [5.41, 5.74) is 2.36. The van der Waals surface area contributed by atoms with Crippen molar-refractivity contribution in [2.75, 3.05) is 0 Å². The van der Waals surface area contributed by atoms with E-state index in [-0.39, 0.29) is 0 Å². The maximum Gasteiger partial charge on any atom is 0.150 e. The van der Waals surface area contributed by atoms with E-state index in [0.717, 1.165) is 10.9 Å². The number of aromatic nitrogens is 3. The van der Waals surface area contributed by atoms with E-state index in [1.54, 1.807) is 6.07 Å². The Morgan fingerprint density at radius 3 is 2.74 bits per heavy atom. The molecular weight excluding hydrogens is 260 g/mol. The minimum atomic E-state index is 0.327. The smallest absolute Gasteiger partial charge is 0.150 e. The minimum absolute atomic E-state index is 0.327. The summed E-state index contributed by atoms with van der Waals surface area (Å²) < 4.78 is 0. The lowest BCUT2D eigenvalue weighted by Gasteiger charge is -2.05. The largest absolute Gasteiger partial charge is 0.236 e. The van der Waals surface area contributed by atoms with Crippen LogP contribution in [0, 0.1) is 11.3 Å². The van der Waals surface area contributed by atoms with Gasteiger partial charge in [-0.15, -0.1) is 0 Å². The molecule has 2 heterocycles. The van der Waals surface area contributed by atoms with Crippen molar-refractivity contribution in [1.82, 2.24) is 15.0 Å². The lowest BCUT2D eigenvalue weighted by Crippen LogP contribution is -1.93. The summed E-state index contributed by atoms with van der Waals surface area (Å²) in [6.07, 6.45) is 1.37. The van der Waals surface area contributed by atoms with E-state index in [0.29, 0.717) is 22.1 Å². The van der Waals surface area contributed by atoms with Crippen LogP contribution in [-0.2, 0) is 0 Å². The normalized spacial score (nSPS) is 10.3. The summed E-state index contributed by atoms with van der Waals surface area (Å²) in [6, 6.07) is 13.2. The molecular formula is C14H7ClN4. The lowest BCUT2D eigenvalue weighted by molar-refractivity contribution is 1.16. The third-order valence-corrected chi connectivity index (χ3v) is 2.95. The van der Waals surface area contributed by atoms with Crippen LogP contribution >= 0.6 is 11.6 Å². The molecule has 0 saturated carbocycles. The second-order valence-corrected chi connectivity index (χ2v) is 4.30. The molecule has 0 saturated heterocycles. The van der Waals surface area contributed by atoms with Gasteiger partial charge in [-0.1, -0.05) is 29.8 Å². The van der Waals surface area contributed by atoms with Gasteiger partial charge in [0.15, 0.2) is 5.69 Å². The SMILES string of the molecule is N#Cc1nc2ccccc2cc1-c1cc(Cl)ncn1. The van der Waals surface area contributed by atoms with Gasteiger partial charge in [-0.3, -0.25) is 0 Å². The molecule has 1 aromatic carbocycles. The fourth-order valence-corrected chi connectivity index (χ4v) is 2.02. The molecule has 2 aromatic heterocycles. The summed E-state index contributed by atoms with van der Waals surface area (Å²) in [5.74, 6) is 0. The van der Waals surface area contributed by atoms with Crippen molar-refractivity contribution in [3.63, 3.8) is 0 Å². The van der Waals surface area contributed by atoms with Crippen molar-refractivity contribution < 1.29 is 0 Å². The van der Waals surface area contributed by atoms with Crippen molar-refractivity contribution >= 4 is 22.5 Å². The second kappa shape index (κ2) is 4.63. The molecule has 90 valence electrons. The van der Waals surface area contributed by atoms with E-state index >= 15 is 0 Å². The van der Waals surface area contributed by atoms with Gasteiger partial charge >= 0.3 is 0 Å². The standard InChI is InChI=1S/C14H7ClN4/c15-14-6-12(17-8-18-14)10-5-9-3-1-2-4-11(9)19-13(10)7-16/h1-6,8H. The Hall–Kier alpha value is -2.51. The van der Waals surface area contributed by atoms with Crippen LogP contribution in [0.25, 0.3) is 22.2 Å². The van der Waals surface area contributed by atoms with Crippen LogP contribution in [0.15, 0.2) is 42.7 Å². The first-order chi connectivity index (χ1) is 9.28. The first kappa shape index (κ1) is 11.6. The van der Waals surface area contributed by atoms with Crippen LogP contribution in [0.5, 0.6) is 0 Å². The molecule has 0 aliphatic carbocycles. The fourth-order valence-electron chi connectivity index (χ4n) is 1.88. The third kappa shape index (κ3) is 2.12. The number of para-hydroxylation sites is 1. The molecule has 0 aliphatic heterocycles. The Bertz CT molecular complexity index is 808. The molecule has 3 rings (SSSR count). The van der Waals surface area contributed by atoms with Crippen molar-refractivity contribution in [3.05, 3.63) is 53.6 Å². The quantitative estimate of drug-likeness (QED) is 0.635. The van der Waals surface area contributed by atoms with Crippen LogP contribution in [0.4, 0.5) is 0 Å². The molecule has 0 amide bonds. The molecule has 0 aliphatic rings. The van der Waals surface area contributed by atoms with Crippen LogP contribution < -0.4 is 0 Å². The Morgan fingerprint density at radius 2 is 1.95 bits per heavy atom. The monoisotopic (exact) mass is 266 g/mol. The summed E-state index contributed by atoms with van der Waals surface area (Å²) in [7, 11) is 0. The zero-order valence-corrected chi connectivity index (χ0v) is 10.5. The van der Waals surface area contributed by atoms with Gasteiger partial charge in [0.25, 0.3) is 0 Å². The number of hydrogen-bond donors (Lipinski definition) is 0. The highest BCUT2D eigenvalue weighted by atomic mass is 35.5. The van der Waals surface area contributed by atoms with Gasteiger partial charge in [-0.2, -0.15) is 5.26 Å². The predicted molar refractivity (Wildman–Crippen MR) is 72.5 cm³/mol. The number of nitriles is 1. The minimum Gasteiger partial charge on any atom is -0.236 e. The number of pyridine rings is 1. The van der Waals surface area contributed by atoms with Gasteiger partial charge in [0.05, 0.1) is 11.2 Å². The average molecular weight is 267 g/mol. The van der Waals surface area contributed by atoms with Gasteiger partial charge in [-0.05, 0) is 12.1 Å².